The average Bonchev–Trinajstić information content (AvgIpc) is 2.30. The summed E-state index contributed by atoms with van der Waals surface area (Å²) in [6, 6.07) is 0. The van der Waals surface area contributed by atoms with Crippen molar-refractivity contribution in [2.75, 3.05) is 5.75 Å². The van der Waals surface area contributed by atoms with Crippen LogP contribution in [0.3, 0.4) is 0 Å². The lowest BCUT2D eigenvalue weighted by atomic mass is 9.80. The van der Waals surface area contributed by atoms with Crippen molar-refractivity contribution < 1.29 is 9.90 Å². The van der Waals surface area contributed by atoms with Gasteiger partial charge >= 0.3 is 5.97 Å². The van der Waals surface area contributed by atoms with Crippen LogP contribution in [0.25, 0.3) is 0 Å². The summed E-state index contributed by atoms with van der Waals surface area (Å²) in [6.45, 7) is 4.42. The first-order valence-corrected chi connectivity index (χ1v) is 8.08. The maximum absolute atomic E-state index is 11.2. The molecule has 100 valence electrons. The number of hydrogen-bond donors (Lipinski definition) is 1. The smallest absolute Gasteiger partial charge is 0.307 e. The highest BCUT2D eigenvalue weighted by atomic mass is 32.2. The highest BCUT2D eigenvalue weighted by Gasteiger charge is 2.34. The second-order valence-electron chi connectivity index (χ2n) is 5.18. The van der Waals surface area contributed by atoms with Crippen LogP contribution in [0.15, 0.2) is 0 Å². The topological polar surface area (TPSA) is 37.3 Å². The monoisotopic (exact) mass is 258 g/mol. The van der Waals surface area contributed by atoms with Crippen molar-refractivity contribution in [1.29, 1.82) is 0 Å². The molecule has 0 radical (unpaired) electrons. The molecule has 2 nitrogen and oxygen atoms in total. The first-order chi connectivity index (χ1) is 8.19. The molecule has 1 rings (SSSR count). The zero-order valence-electron chi connectivity index (χ0n) is 11.2. The minimum absolute atomic E-state index is 0.0926. The summed E-state index contributed by atoms with van der Waals surface area (Å²) < 4.78 is 0. The number of carboxylic acid groups (broad SMARTS) is 1. The molecule has 0 aromatic rings. The zero-order chi connectivity index (χ0) is 12.7. The average molecular weight is 258 g/mol. The fourth-order valence-electron chi connectivity index (χ4n) is 2.73. The van der Waals surface area contributed by atoms with Crippen molar-refractivity contribution >= 4 is 17.7 Å². The molecule has 17 heavy (non-hydrogen) atoms. The second-order valence-corrected chi connectivity index (χ2v) is 6.52. The Balaban J connectivity index is 2.47. The van der Waals surface area contributed by atoms with Gasteiger partial charge < -0.3 is 5.11 Å². The van der Waals surface area contributed by atoms with Crippen molar-refractivity contribution in [3.63, 3.8) is 0 Å². The predicted molar refractivity (Wildman–Crippen MR) is 74.5 cm³/mol. The zero-order valence-corrected chi connectivity index (χ0v) is 12.0. The molecule has 0 amide bonds. The van der Waals surface area contributed by atoms with E-state index in [4.69, 9.17) is 0 Å². The molecule has 0 bridgehead atoms. The van der Waals surface area contributed by atoms with Crippen LogP contribution in [-0.2, 0) is 4.79 Å². The van der Waals surface area contributed by atoms with Crippen LogP contribution in [0.5, 0.6) is 0 Å². The molecule has 0 saturated heterocycles. The van der Waals surface area contributed by atoms with Gasteiger partial charge in [0.25, 0.3) is 0 Å². The number of hydrogen-bond acceptors (Lipinski definition) is 2. The van der Waals surface area contributed by atoms with Crippen LogP contribution < -0.4 is 0 Å². The Bertz CT molecular complexity index is 230. The van der Waals surface area contributed by atoms with E-state index in [0.29, 0.717) is 5.25 Å². The van der Waals surface area contributed by atoms with Gasteiger partial charge in [0.1, 0.15) is 0 Å². The quantitative estimate of drug-likeness (QED) is 0.696. The van der Waals surface area contributed by atoms with Crippen LogP contribution in [0.4, 0.5) is 0 Å². The van der Waals surface area contributed by atoms with Crippen LogP contribution in [0, 0.1) is 11.8 Å². The molecule has 1 aliphatic rings. The Morgan fingerprint density at radius 3 is 2.65 bits per heavy atom. The Hall–Kier alpha value is -0.180. The number of carbonyl (C=O) groups is 1. The van der Waals surface area contributed by atoms with E-state index in [9.17, 15) is 9.90 Å². The molecule has 3 unspecified atom stereocenters. The summed E-state index contributed by atoms with van der Waals surface area (Å²) in [6.07, 6.45) is 8.06. The molecule has 3 heteroatoms. The molecular formula is C14H26O2S. The van der Waals surface area contributed by atoms with Gasteiger partial charge in [-0.1, -0.05) is 33.1 Å². The molecule has 0 heterocycles. The molecule has 0 aromatic carbocycles. The van der Waals surface area contributed by atoms with Crippen LogP contribution in [0.1, 0.15) is 58.8 Å². The van der Waals surface area contributed by atoms with Gasteiger partial charge in [0.2, 0.25) is 0 Å². The summed E-state index contributed by atoms with van der Waals surface area (Å²) >= 11 is 1.91. The third-order valence-electron chi connectivity index (χ3n) is 3.74. The fraction of sp³-hybridized carbons (Fsp3) is 0.929. The van der Waals surface area contributed by atoms with Crippen molar-refractivity contribution in [2.24, 2.45) is 11.8 Å². The van der Waals surface area contributed by atoms with Gasteiger partial charge in [-0.15, -0.1) is 0 Å². The van der Waals surface area contributed by atoms with Gasteiger partial charge in [-0.2, -0.15) is 11.8 Å². The first kappa shape index (κ1) is 14.9. The van der Waals surface area contributed by atoms with Crippen molar-refractivity contribution in [3.8, 4) is 0 Å². The Morgan fingerprint density at radius 1 is 1.29 bits per heavy atom. The maximum Gasteiger partial charge on any atom is 0.307 e. The largest absolute Gasteiger partial charge is 0.481 e. The summed E-state index contributed by atoms with van der Waals surface area (Å²) in [7, 11) is 0. The Labute approximate surface area is 110 Å². The summed E-state index contributed by atoms with van der Waals surface area (Å²) in [5, 5.41) is 9.63. The van der Waals surface area contributed by atoms with Crippen LogP contribution in [0.2, 0.25) is 0 Å². The van der Waals surface area contributed by atoms with E-state index >= 15 is 0 Å². The predicted octanol–water partition coefficient (Wildman–Crippen LogP) is 4.19. The molecule has 0 aliphatic heterocycles. The number of unbranched alkanes of at least 4 members (excludes halogenated alkanes) is 1. The number of rotatable bonds is 7. The molecule has 0 aromatic heterocycles. The Kier molecular flexibility index (Phi) is 7.02. The lowest BCUT2D eigenvalue weighted by molar-refractivity contribution is -0.142. The van der Waals surface area contributed by atoms with E-state index in [1.807, 2.05) is 11.8 Å². The molecule has 1 fully saturated rings. The lowest BCUT2D eigenvalue weighted by Gasteiger charge is -2.33. The minimum Gasteiger partial charge on any atom is -0.481 e. The van der Waals surface area contributed by atoms with E-state index in [-0.39, 0.29) is 5.92 Å². The van der Waals surface area contributed by atoms with E-state index in [2.05, 4.69) is 13.8 Å². The third-order valence-corrected chi connectivity index (χ3v) is 5.22. The second kappa shape index (κ2) is 8.02. The fourth-order valence-corrected chi connectivity index (χ4v) is 4.38. The molecule has 1 saturated carbocycles. The first-order valence-electron chi connectivity index (χ1n) is 7.03. The van der Waals surface area contributed by atoms with Gasteiger partial charge in [0.05, 0.1) is 5.92 Å². The van der Waals surface area contributed by atoms with Crippen LogP contribution in [-0.4, -0.2) is 22.1 Å². The maximum atomic E-state index is 11.2. The van der Waals surface area contributed by atoms with Gasteiger partial charge in [0, 0.05) is 5.25 Å². The van der Waals surface area contributed by atoms with Gasteiger partial charge in [-0.25, -0.2) is 0 Å². The van der Waals surface area contributed by atoms with Gasteiger partial charge in [-0.05, 0) is 37.4 Å². The molecule has 0 spiro atoms. The summed E-state index contributed by atoms with van der Waals surface area (Å²) in [5.74, 6) is 1.23. The standard InChI is InChI=1S/C14H26O2S/c1-3-5-9-17-13-10-11(6-4-2)7-8-12(13)14(15)16/h11-13H,3-10H2,1-2H3,(H,15,16). The highest BCUT2D eigenvalue weighted by molar-refractivity contribution is 7.99. The van der Waals surface area contributed by atoms with Gasteiger partial charge in [0.15, 0.2) is 0 Å². The number of thioether (sulfide) groups is 1. The lowest BCUT2D eigenvalue weighted by Crippen LogP contribution is -2.33. The van der Waals surface area contributed by atoms with Crippen molar-refractivity contribution in [1.82, 2.24) is 0 Å². The van der Waals surface area contributed by atoms with E-state index in [1.54, 1.807) is 0 Å². The van der Waals surface area contributed by atoms with E-state index in [1.165, 1.54) is 25.7 Å². The molecule has 1 N–H and O–H groups in total. The number of carboxylic acids is 1. The van der Waals surface area contributed by atoms with E-state index in [0.717, 1.165) is 30.9 Å². The molecule has 3 atom stereocenters. The highest BCUT2D eigenvalue weighted by Crippen LogP contribution is 2.38. The third kappa shape index (κ3) is 4.90. The van der Waals surface area contributed by atoms with Crippen molar-refractivity contribution in [2.45, 2.75) is 64.0 Å². The van der Waals surface area contributed by atoms with Gasteiger partial charge in [-0.3, -0.25) is 4.79 Å². The minimum atomic E-state index is -0.575. The molecule has 1 aliphatic carbocycles. The summed E-state index contributed by atoms with van der Waals surface area (Å²) in [5.41, 5.74) is 0. The van der Waals surface area contributed by atoms with Crippen molar-refractivity contribution in [3.05, 3.63) is 0 Å². The molecular weight excluding hydrogens is 232 g/mol. The Morgan fingerprint density at radius 2 is 2.06 bits per heavy atom. The summed E-state index contributed by atoms with van der Waals surface area (Å²) in [4.78, 5) is 11.2. The SMILES string of the molecule is CCCCSC1CC(CCC)CCC1C(=O)O. The van der Waals surface area contributed by atoms with Crippen LogP contribution >= 0.6 is 11.8 Å². The van der Waals surface area contributed by atoms with E-state index < -0.39 is 5.97 Å². The number of aliphatic carboxylic acids is 1. The normalized spacial score (nSPS) is 29.2.